The number of rotatable bonds is 0. The first-order chi connectivity index (χ1) is 11.0. The Labute approximate surface area is 134 Å². The van der Waals surface area contributed by atoms with E-state index in [2.05, 4.69) is 5.32 Å². The third kappa shape index (κ3) is 2.24. The first-order valence-corrected chi connectivity index (χ1v) is 8.16. The summed E-state index contributed by atoms with van der Waals surface area (Å²) in [6, 6.07) is 3.06. The fourth-order valence-electron chi connectivity index (χ4n) is 4.11. The summed E-state index contributed by atoms with van der Waals surface area (Å²) < 4.78 is 5.86. The first kappa shape index (κ1) is 14.9. The van der Waals surface area contributed by atoms with Crippen LogP contribution in [0.15, 0.2) is 12.1 Å². The van der Waals surface area contributed by atoms with Gasteiger partial charge in [0.15, 0.2) is 23.4 Å². The summed E-state index contributed by atoms with van der Waals surface area (Å²) >= 11 is 0. The van der Waals surface area contributed by atoms with E-state index in [0.29, 0.717) is 18.7 Å². The number of phenols is 1. The van der Waals surface area contributed by atoms with Gasteiger partial charge in [0.05, 0.1) is 6.10 Å². The molecule has 2 heterocycles. The van der Waals surface area contributed by atoms with E-state index in [1.165, 1.54) is 0 Å². The highest BCUT2D eigenvalue weighted by atomic mass is 16.5. The number of benzene rings is 1. The fourth-order valence-corrected chi connectivity index (χ4v) is 4.11. The van der Waals surface area contributed by atoms with Crippen LogP contribution in [-0.4, -0.2) is 51.5 Å². The third-order valence-corrected chi connectivity index (χ3v) is 5.46. The molecule has 0 amide bonds. The summed E-state index contributed by atoms with van der Waals surface area (Å²) in [4.78, 5) is 12.3. The van der Waals surface area contributed by atoms with Crippen LogP contribution in [0.1, 0.15) is 30.4 Å². The van der Waals surface area contributed by atoms with Crippen molar-refractivity contribution in [1.82, 2.24) is 5.32 Å². The van der Waals surface area contributed by atoms with Crippen LogP contribution in [0.2, 0.25) is 0 Å². The van der Waals surface area contributed by atoms with Gasteiger partial charge in [0.1, 0.15) is 5.60 Å². The number of carbonyl (C=O) groups is 1. The van der Waals surface area contributed by atoms with Crippen LogP contribution in [0, 0.1) is 0 Å². The maximum Gasteiger partial charge on any atom is 0.176 e. The number of ketones is 1. The van der Waals surface area contributed by atoms with E-state index in [1.54, 1.807) is 6.07 Å². The van der Waals surface area contributed by atoms with E-state index < -0.39 is 17.8 Å². The first-order valence-electron chi connectivity index (χ1n) is 8.16. The Morgan fingerprint density at radius 3 is 2.96 bits per heavy atom. The SMILES string of the molecule is O=C1C[C@@H](O)[C@]2(O)CC1Oc1c(O)ccc3c1CCCN[C@@H]2C3. The Morgan fingerprint density at radius 2 is 2.13 bits per heavy atom. The van der Waals surface area contributed by atoms with E-state index >= 15 is 0 Å². The smallest absolute Gasteiger partial charge is 0.176 e. The summed E-state index contributed by atoms with van der Waals surface area (Å²) in [7, 11) is 0. The lowest BCUT2D eigenvalue weighted by Crippen LogP contribution is -2.64. The summed E-state index contributed by atoms with van der Waals surface area (Å²) in [6.07, 6.45) is 0.0343. The van der Waals surface area contributed by atoms with E-state index in [-0.39, 0.29) is 30.4 Å². The molecule has 2 aliphatic heterocycles. The predicted molar refractivity (Wildman–Crippen MR) is 81.5 cm³/mol. The number of Topliss-reactive ketones (excluding diaryl/α,β-unsaturated/α-hetero) is 1. The normalized spacial score (nSPS) is 36.3. The van der Waals surface area contributed by atoms with Gasteiger partial charge < -0.3 is 25.4 Å². The van der Waals surface area contributed by atoms with E-state index in [4.69, 9.17) is 4.74 Å². The number of aromatic hydroxyl groups is 1. The molecule has 1 fully saturated rings. The maximum absolute atomic E-state index is 12.3. The summed E-state index contributed by atoms with van der Waals surface area (Å²) in [5.41, 5.74) is 0.473. The summed E-state index contributed by atoms with van der Waals surface area (Å²) in [6.45, 7) is 0.701. The van der Waals surface area contributed by atoms with Gasteiger partial charge >= 0.3 is 0 Å². The van der Waals surface area contributed by atoms with Gasteiger partial charge in [-0.3, -0.25) is 4.79 Å². The van der Waals surface area contributed by atoms with Crippen LogP contribution in [0.5, 0.6) is 11.5 Å². The largest absolute Gasteiger partial charge is 0.504 e. The van der Waals surface area contributed by atoms with Crippen LogP contribution >= 0.6 is 0 Å². The lowest BCUT2D eigenvalue weighted by Gasteiger charge is -2.44. The van der Waals surface area contributed by atoms with Gasteiger partial charge in [0.2, 0.25) is 0 Å². The highest BCUT2D eigenvalue weighted by molar-refractivity contribution is 5.85. The van der Waals surface area contributed by atoms with Crippen LogP contribution in [-0.2, 0) is 17.6 Å². The number of aliphatic hydroxyl groups excluding tert-OH is 1. The minimum atomic E-state index is -1.42. The topological polar surface area (TPSA) is 99.0 Å². The highest BCUT2D eigenvalue weighted by Gasteiger charge is 2.52. The van der Waals surface area contributed by atoms with Gasteiger partial charge in [-0.15, -0.1) is 0 Å². The number of phenolic OH excluding ortho intramolecular Hbond substituents is 1. The minimum Gasteiger partial charge on any atom is -0.504 e. The Morgan fingerprint density at radius 1 is 1.30 bits per heavy atom. The Bertz CT molecular complexity index is 661. The average Bonchev–Trinajstić information content (AvgIpc) is 2.49. The maximum atomic E-state index is 12.3. The van der Waals surface area contributed by atoms with Gasteiger partial charge in [-0.05, 0) is 37.4 Å². The second-order valence-electron chi connectivity index (χ2n) is 6.85. The van der Waals surface area contributed by atoms with Crippen LogP contribution in [0.4, 0.5) is 0 Å². The van der Waals surface area contributed by atoms with Gasteiger partial charge in [0, 0.05) is 24.4 Å². The number of fused-ring (bicyclic) bond motifs is 4. The van der Waals surface area contributed by atoms with Crippen molar-refractivity contribution in [3.63, 3.8) is 0 Å². The second kappa shape index (κ2) is 5.19. The molecule has 0 radical (unpaired) electrons. The highest BCUT2D eigenvalue weighted by Crippen LogP contribution is 2.42. The standard InChI is InChI=1S/C17H21NO5/c19-11-4-3-9-6-14-17(22)8-13(12(20)7-15(17)21)23-16(11)10(9)2-1-5-18-14/h3-4,13-15,18-19,21-22H,1-2,5-8H2/t13?,14-,15-,17+/m1/s1. The molecule has 3 aliphatic rings. The average molecular weight is 319 g/mol. The molecule has 1 aliphatic carbocycles. The molecule has 124 valence electrons. The van der Waals surface area contributed by atoms with Gasteiger partial charge in [-0.2, -0.15) is 0 Å². The molecule has 1 unspecified atom stereocenters. The van der Waals surface area contributed by atoms with Crippen molar-refractivity contribution in [2.45, 2.75) is 56.0 Å². The zero-order valence-electron chi connectivity index (χ0n) is 12.8. The van der Waals surface area contributed by atoms with Crippen LogP contribution < -0.4 is 10.1 Å². The zero-order valence-corrected chi connectivity index (χ0v) is 12.8. The second-order valence-corrected chi connectivity index (χ2v) is 6.85. The number of hydrogen-bond acceptors (Lipinski definition) is 6. The van der Waals surface area contributed by atoms with Crippen LogP contribution in [0.3, 0.4) is 0 Å². The van der Waals surface area contributed by atoms with Crippen molar-refractivity contribution >= 4 is 5.78 Å². The molecule has 6 bridgehead atoms. The van der Waals surface area contributed by atoms with Gasteiger partial charge in [0.25, 0.3) is 0 Å². The lowest BCUT2D eigenvalue weighted by atomic mass is 9.73. The molecular formula is C17H21NO5. The monoisotopic (exact) mass is 319 g/mol. The molecular weight excluding hydrogens is 298 g/mol. The van der Waals surface area contributed by atoms with Crippen molar-refractivity contribution in [2.75, 3.05) is 6.54 Å². The van der Waals surface area contributed by atoms with Crippen molar-refractivity contribution < 1.29 is 24.9 Å². The Hall–Kier alpha value is -1.63. The number of aliphatic hydroxyl groups is 2. The fraction of sp³-hybridized carbons (Fsp3) is 0.588. The summed E-state index contributed by atoms with van der Waals surface area (Å²) in [5.74, 6) is 0.151. The molecule has 0 saturated heterocycles. The number of ether oxygens (including phenoxy) is 1. The van der Waals surface area contributed by atoms with Crippen molar-refractivity contribution in [1.29, 1.82) is 0 Å². The molecule has 0 aromatic heterocycles. The van der Waals surface area contributed by atoms with Crippen molar-refractivity contribution in [3.05, 3.63) is 23.3 Å². The number of hydrogen-bond donors (Lipinski definition) is 4. The third-order valence-electron chi connectivity index (χ3n) is 5.46. The predicted octanol–water partition coefficient (Wildman–Crippen LogP) is 0.0550. The summed E-state index contributed by atoms with van der Waals surface area (Å²) in [5, 5.41) is 35.0. The molecule has 0 spiro atoms. The number of nitrogens with one attached hydrogen (secondary N) is 1. The Kier molecular flexibility index (Phi) is 3.37. The van der Waals surface area contributed by atoms with Gasteiger partial charge in [-0.1, -0.05) is 6.07 Å². The molecule has 23 heavy (non-hydrogen) atoms. The minimum absolute atomic E-state index is 0.0261. The van der Waals surface area contributed by atoms with Crippen molar-refractivity contribution in [3.8, 4) is 11.5 Å². The molecule has 4 atom stereocenters. The Balaban J connectivity index is 1.90. The van der Waals surface area contributed by atoms with Crippen LogP contribution in [0.25, 0.3) is 0 Å². The quantitative estimate of drug-likeness (QED) is 0.539. The molecule has 4 rings (SSSR count). The molecule has 1 aromatic rings. The molecule has 6 heteroatoms. The zero-order chi connectivity index (χ0) is 16.2. The van der Waals surface area contributed by atoms with E-state index in [1.807, 2.05) is 6.07 Å². The molecule has 4 N–H and O–H groups in total. The molecule has 1 aromatic carbocycles. The molecule has 6 nitrogen and oxygen atoms in total. The van der Waals surface area contributed by atoms with Crippen molar-refractivity contribution in [2.24, 2.45) is 0 Å². The van der Waals surface area contributed by atoms with Gasteiger partial charge in [-0.25, -0.2) is 0 Å². The molecule has 1 saturated carbocycles. The van der Waals surface area contributed by atoms with E-state index in [9.17, 15) is 20.1 Å². The number of carbonyl (C=O) groups excluding carboxylic acids is 1. The van der Waals surface area contributed by atoms with E-state index in [0.717, 1.165) is 24.0 Å². The lowest BCUT2D eigenvalue weighted by molar-refractivity contribution is -0.162.